The second kappa shape index (κ2) is 9.94. The molecule has 2 aromatic rings. The van der Waals surface area contributed by atoms with Crippen molar-refractivity contribution in [3.05, 3.63) is 40.9 Å². The maximum absolute atomic E-state index is 12.3. The van der Waals surface area contributed by atoms with E-state index in [0.29, 0.717) is 10.8 Å². The van der Waals surface area contributed by atoms with E-state index in [0.717, 1.165) is 25.3 Å². The zero-order valence-corrected chi connectivity index (χ0v) is 16.5. The molecule has 0 aliphatic heterocycles. The lowest BCUT2D eigenvalue weighted by atomic mass is 10.0. The summed E-state index contributed by atoms with van der Waals surface area (Å²) in [6, 6.07) is 6.08. The molecule has 0 spiro atoms. The van der Waals surface area contributed by atoms with E-state index in [-0.39, 0.29) is 10.6 Å². The molecule has 6 nitrogen and oxygen atoms in total. The molecule has 2 rings (SSSR count). The van der Waals surface area contributed by atoms with Crippen LogP contribution in [0.1, 0.15) is 19.4 Å². The third-order valence-electron chi connectivity index (χ3n) is 3.27. The van der Waals surface area contributed by atoms with E-state index in [1.54, 1.807) is 0 Å². The number of halogens is 4. The minimum Gasteiger partial charge on any atom is -0.481 e. The highest BCUT2D eigenvalue weighted by Crippen LogP contribution is 2.32. The van der Waals surface area contributed by atoms with Crippen LogP contribution in [0.5, 0.6) is 5.75 Å². The fraction of sp³-hybridized carbons (Fsp3) is 0.353. The first kappa shape index (κ1) is 24.0. The largest absolute Gasteiger partial charge is 0.534 e. The van der Waals surface area contributed by atoms with Gasteiger partial charge in [-0.25, -0.2) is 0 Å². The monoisotopic (exact) mass is 442 g/mol. The second-order valence-electron chi connectivity index (χ2n) is 5.24. The van der Waals surface area contributed by atoms with Crippen molar-refractivity contribution < 1.29 is 40.4 Å². The van der Waals surface area contributed by atoms with Gasteiger partial charge < -0.3 is 14.0 Å². The Balaban J connectivity index is 0.000000696. The summed E-state index contributed by atoms with van der Waals surface area (Å²) in [4.78, 5) is 10.8. The minimum atomic E-state index is -5.78. The van der Waals surface area contributed by atoms with Gasteiger partial charge in [0.05, 0.1) is 6.42 Å². The number of benzene rings is 2. The average molecular weight is 443 g/mol. The van der Waals surface area contributed by atoms with Gasteiger partial charge in [0.25, 0.3) is 0 Å². The molecular weight excluding hydrogens is 425 g/mol. The number of fused-ring (bicyclic) bond motifs is 1. The van der Waals surface area contributed by atoms with Gasteiger partial charge in [-0.15, -0.1) is 0 Å². The summed E-state index contributed by atoms with van der Waals surface area (Å²) in [5.74, 6) is -1.68. The molecule has 28 heavy (non-hydrogen) atoms. The van der Waals surface area contributed by atoms with Gasteiger partial charge >= 0.3 is 21.6 Å². The van der Waals surface area contributed by atoms with E-state index in [1.807, 2.05) is 13.8 Å². The third-order valence-corrected chi connectivity index (χ3v) is 4.60. The van der Waals surface area contributed by atoms with Crippen LogP contribution in [0.2, 0.25) is 5.02 Å². The molecule has 0 amide bonds. The van der Waals surface area contributed by atoms with E-state index >= 15 is 0 Å². The molecular formula is C17H18ClF3O6S. The summed E-state index contributed by atoms with van der Waals surface area (Å²) in [7, 11) is -5.78. The minimum absolute atomic E-state index is 0.177. The van der Waals surface area contributed by atoms with Crippen LogP contribution in [-0.2, 0) is 26.1 Å². The van der Waals surface area contributed by atoms with Gasteiger partial charge in [0, 0.05) is 18.2 Å². The standard InChI is InChI=1S/C13H8ClF3O5S.C4H10O/c14-11-4-1-7-5-8(22-23(20,21)13(15,16)17)2-3-9(7)10(11)6-12(18)19;1-3-5-4-2/h1-5H,6H2,(H,18,19);3-4H2,1-2H3. The van der Waals surface area contributed by atoms with E-state index < -0.39 is 33.8 Å². The van der Waals surface area contributed by atoms with Crippen molar-refractivity contribution in [1.29, 1.82) is 0 Å². The quantitative estimate of drug-likeness (QED) is 0.527. The van der Waals surface area contributed by atoms with Crippen LogP contribution in [-0.4, -0.2) is 38.2 Å². The molecule has 0 radical (unpaired) electrons. The van der Waals surface area contributed by atoms with Gasteiger partial charge in [-0.3, -0.25) is 4.79 Å². The summed E-state index contributed by atoms with van der Waals surface area (Å²) in [5.41, 5.74) is -5.28. The van der Waals surface area contributed by atoms with E-state index in [9.17, 15) is 26.4 Å². The fourth-order valence-electron chi connectivity index (χ4n) is 2.11. The molecule has 0 saturated carbocycles. The second-order valence-corrected chi connectivity index (χ2v) is 7.19. The van der Waals surface area contributed by atoms with Crippen molar-refractivity contribution in [2.75, 3.05) is 13.2 Å². The molecule has 0 aliphatic carbocycles. The van der Waals surface area contributed by atoms with Crippen LogP contribution < -0.4 is 4.18 Å². The summed E-state index contributed by atoms with van der Waals surface area (Å²) in [6.45, 7) is 5.67. The van der Waals surface area contributed by atoms with Crippen LogP contribution in [0.15, 0.2) is 30.3 Å². The van der Waals surface area contributed by atoms with Gasteiger partial charge in [-0.1, -0.05) is 23.7 Å². The Labute approximate surface area is 164 Å². The SMILES string of the molecule is CCOCC.O=C(O)Cc1c(Cl)ccc2cc(OS(=O)(=O)C(F)(F)F)ccc12. The predicted octanol–water partition coefficient (Wildman–Crippen LogP) is 4.39. The number of carboxylic acids is 1. The van der Waals surface area contributed by atoms with Crippen molar-refractivity contribution >= 4 is 38.5 Å². The Morgan fingerprint density at radius 3 is 2.21 bits per heavy atom. The number of carboxylic acid groups (broad SMARTS) is 1. The van der Waals surface area contributed by atoms with Gasteiger partial charge in [0.15, 0.2) is 0 Å². The first-order chi connectivity index (χ1) is 12.9. The highest BCUT2D eigenvalue weighted by atomic mass is 35.5. The fourth-order valence-corrected chi connectivity index (χ4v) is 2.79. The lowest BCUT2D eigenvalue weighted by Gasteiger charge is -2.11. The summed E-state index contributed by atoms with van der Waals surface area (Å²) >= 11 is 5.91. The maximum Gasteiger partial charge on any atom is 0.534 e. The van der Waals surface area contributed by atoms with Crippen molar-refractivity contribution in [2.24, 2.45) is 0 Å². The number of alkyl halides is 3. The van der Waals surface area contributed by atoms with E-state index in [4.69, 9.17) is 21.4 Å². The Morgan fingerprint density at radius 2 is 1.75 bits per heavy atom. The zero-order chi connectivity index (χ0) is 21.5. The normalized spacial score (nSPS) is 11.6. The van der Waals surface area contributed by atoms with E-state index in [1.165, 1.54) is 18.2 Å². The number of carbonyl (C=O) groups is 1. The smallest absolute Gasteiger partial charge is 0.481 e. The number of hydrogen-bond acceptors (Lipinski definition) is 5. The molecule has 0 bridgehead atoms. The van der Waals surface area contributed by atoms with Crippen LogP contribution in [0.3, 0.4) is 0 Å². The molecule has 0 saturated heterocycles. The van der Waals surface area contributed by atoms with Crippen LogP contribution >= 0.6 is 11.6 Å². The van der Waals surface area contributed by atoms with Crippen molar-refractivity contribution in [2.45, 2.75) is 25.8 Å². The van der Waals surface area contributed by atoms with Gasteiger partial charge in [-0.2, -0.15) is 21.6 Å². The Morgan fingerprint density at radius 1 is 1.14 bits per heavy atom. The molecule has 11 heteroatoms. The van der Waals surface area contributed by atoms with Crippen molar-refractivity contribution in [3.8, 4) is 5.75 Å². The first-order valence-corrected chi connectivity index (χ1v) is 9.73. The Kier molecular flexibility index (Phi) is 8.52. The zero-order valence-electron chi connectivity index (χ0n) is 14.9. The Bertz CT molecular complexity index is 926. The molecule has 0 aromatic heterocycles. The van der Waals surface area contributed by atoms with E-state index in [2.05, 4.69) is 4.18 Å². The molecule has 2 aromatic carbocycles. The van der Waals surface area contributed by atoms with Crippen molar-refractivity contribution in [3.63, 3.8) is 0 Å². The summed E-state index contributed by atoms with van der Waals surface area (Å²) in [5, 5.41) is 9.70. The molecule has 156 valence electrons. The number of rotatable bonds is 6. The maximum atomic E-state index is 12.3. The van der Waals surface area contributed by atoms with Crippen LogP contribution in [0.25, 0.3) is 10.8 Å². The van der Waals surface area contributed by atoms with Crippen LogP contribution in [0, 0.1) is 0 Å². The summed E-state index contributed by atoms with van der Waals surface area (Å²) < 4.78 is 67.7. The van der Waals surface area contributed by atoms with Gasteiger partial charge in [-0.05, 0) is 48.4 Å². The molecule has 0 unspecified atom stereocenters. The molecule has 1 N–H and O–H groups in total. The van der Waals surface area contributed by atoms with Crippen molar-refractivity contribution in [1.82, 2.24) is 0 Å². The lowest BCUT2D eigenvalue weighted by Crippen LogP contribution is -2.28. The predicted molar refractivity (Wildman–Crippen MR) is 98.1 cm³/mol. The number of aliphatic carboxylic acids is 1. The highest BCUT2D eigenvalue weighted by molar-refractivity contribution is 7.88. The number of ether oxygens (including phenoxy) is 1. The topological polar surface area (TPSA) is 89.9 Å². The number of hydrogen-bond donors (Lipinski definition) is 1. The molecule has 0 atom stereocenters. The Hall–Kier alpha value is -2.04. The van der Waals surface area contributed by atoms with Gasteiger partial charge in [0.1, 0.15) is 5.75 Å². The molecule has 0 heterocycles. The summed E-state index contributed by atoms with van der Waals surface area (Å²) in [6.07, 6.45) is -0.392. The lowest BCUT2D eigenvalue weighted by molar-refractivity contribution is -0.136. The average Bonchev–Trinajstić information content (AvgIpc) is 2.57. The third kappa shape index (κ3) is 6.54. The molecule has 0 aliphatic rings. The van der Waals surface area contributed by atoms with Gasteiger partial charge in [0.2, 0.25) is 0 Å². The first-order valence-electron chi connectivity index (χ1n) is 7.94. The highest BCUT2D eigenvalue weighted by Gasteiger charge is 2.48. The van der Waals surface area contributed by atoms with Crippen LogP contribution in [0.4, 0.5) is 13.2 Å². The molecule has 0 fully saturated rings.